The van der Waals surface area contributed by atoms with Crippen molar-refractivity contribution in [1.82, 2.24) is 10.2 Å². The van der Waals surface area contributed by atoms with Crippen LogP contribution in [-0.4, -0.2) is 49.6 Å². The van der Waals surface area contributed by atoms with Gasteiger partial charge in [0.2, 0.25) is 0 Å². The minimum Gasteiger partial charge on any atom is -0.483 e. The van der Waals surface area contributed by atoms with Gasteiger partial charge in [0.05, 0.1) is 6.61 Å². The van der Waals surface area contributed by atoms with Crippen molar-refractivity contribution in [1.29, 1.82) is 0 Å². The van der Waals surface area contributed by atoms with Crippen LogP contribution in [0.2, 0.25) is 0 Å². The molecule has 1 aliphatic rings. The highest BCUT2D eigenvalue weighted by Gasteiger charge is 2.22. The average molecular weight is 396 g/mol. The van der Waals surface area contributed by atoms with Gasteiger partial charge in [0.25, 0.3) is 11.8 Å². The molecular formula is C23H28N2O4. The number of carbonyl (C=O) groups is 2. The monoisotopic (exact) mass is 396 g/mol. The van der Waals surface area contributed by atoms with Crippen LogP contribution in [-0.2, 0) is 22.5 Å². The van der Waals surface area contributed by atoms with Gasteiger partial charge in [0, 0.05) is 37.4 Å². The summed E-state index contributed by atoms with van der Waals surface area (Å²) in [5.41, 5.74) is 2.66. The van der Waals surface area contributed by atoms with Gasteiger partial charge in [0.1, 0.15) is 5.75 Å². The van der Waals surface area contributed by atoms with E-state index in [0.29, 0.717) is 31.0 Å². The van der Waals surface area contributed by atoms with Gasteiger partial charge in [-0.3, -0.25) is 9.59 Å². The molecule has 0 unspecified atom stereocenters. The highest BCUT2D eigenvalue weighted by Crippen LogP contribution is 2.25. The van der Waals surface area contributed by atoms with Crippen LogP contribution >= 0.6 is 0 Å². The average Bonchev–Trinajstić information content (AvgIpc) is 2.89. The molecule has 0 radical (unpaired) electrons. The molecule has 0 saturated carbocycles. The fraction of sp³-hybridized carbons (Fsp3) is 0.391. The fourth-order valence-corrected chi connectivity index (χ4v) is 3.32. The lowest BCUT2D eigenvalue weighted by Crippen LogP contribution is -2.35. The Morgan fingerprint density at radius 2 is 2.03 bits per heavy atom. The molecule has 1 heterocycles. The number of nitrogens with one attached hydrogen (secondary N) is 1. The van der Waals surface area contributed by atoms with Crippen molar-refractivity contribution in [3.63, 3.8) is 0 Å². The van der Waals surface area contributed by atoms with Gasteiger partial charge in [-0.05, 0) is 43.5 Å². The number of rotatable bonds is 8. The van der Waals surface area contributed by atoms with E-state index in [-0.39, 0.29) is 24.5 Å². The summed E-state index contributed by atoms with van der Waals surface area (Å²) in [5, 5.41) is 3.06. The summed E-state index contributed by atoms with van der Waals surface area (Å²) < 4.78 is 10.7. The van der Waals surface area contributed by atoms with E-state index in [1.807, 2.05) is 31.2 Å². The molecule has 6 heteroatoms. The first-order valence-corrected chi connectivity index (χ1v) is 9.94. The molecule has 29 heavy (non-hydrogen) atoms. The van der Waals surface area contributed by atoms with Crippen LogP contribution in [0.3, 0.4) is 0 Å². The van der Waals surface area contributed by atoms with Crippen LogP contribution in [0.15, 0.2) is 48.5 Å². The molecule has 1 atom stereocenters. The Hall–Kier alpha value is -2.86. The Labute approximate surface area is 171 Å². The van der Waals surface area contributed by atoms with Crippen LogP contribution in [0.4, 0.5) is 0 Å². The number of aryl methyl sites for hydroxylation is 1. The SMILES string of the molecule is COCCN1Cc2cc(C(=O)N[C@H](C)CCc3ccccc3)ccc2OCC1=O. The van der Waals surface area contributed by atoms with Crippen molar-refractivity contribution >= 4 is 11.8 Å². The van der Waals surface area contributed by atoms with Crippen molar-refractivity contribution in [2.24, 2.45) is 0 Å². The highest BCUT2D eigenvalue weighted by atomic mass is 16.5. The van der Waals surface area contributed by atoms with Crippen LogP contribution in [0.1, 0.15) is 34.8 Å². The van der Waals surface area contributed by atoms with Crippen molar-refractivity contribution in [2.45, 2.75) is 32.4 Å². The minimum atomic E-state index is -0.118. The molecule has 2 amide bonds. The van der Waals surface area contributed by atoms with Gasteiger partial charge in [-0.1, -0.05) is 30.3 Å². The number of benzene rings is 2. The summed E-state index contributed by atoms with van der Waals surface area (Å²) in [6.07, 6.45) is 1.78. The number of carbonyl (C=O) groups excluding carboxylic acids is 2. The topological polar surface area (TPSA) is 67.9 Å². The van der Waals surface area contributed by atoms with E-state index in [2.05, 4.69) is 17.4 Å². The molecule has 154 valence electrons. The number of amides is 2. The Kier molecular flexibility index (Phi) is 7.25. The van der Waals surface area contributed by atoms with Crippen molar-refractivity contribution < 1.29 is 19.1 Å². The van der Waals surface area contributed by atoms with Crippen LogP contribution in [0.25, 0.3) is 0 Å². The molecular weight excluding hydrogens is 368 g/mol. The first-order valence-electron chi connectivity index (χ1n) is 9.94. The lowest BCUT2D eigenvalue weighted by molar-refractivity contribution is -0.133. The Bertz CT molecular complexity index is 838. The van der Waals surface area contributed by atoms with Crippen LogP contribution in [0.5, 0.6) is 5.75 Å². The number of hydrogen-bond donors (Lipinski definition) is 1. The summed E-state index contributed by atoms with van der Waals surface area (Å²) in [4.78, 5) is 26.6. The predicted molar refractivity (Wildman–Crippen MR) is 111 cm³/mol. The van der Waals surface area contributed by atoms with Gasteiger partial charge in [-0.15, -0.1) is 0 Å². The standard InChI is InChI=1S/C23H28N2O4/c1-17(8-9-18-6-4-3-5-7-18)24-23(27)19-10-11-21-20(14-19)15-25(12-13-28-2)22(26)16-29-21/h3-7,10-11,14,17H,8-9,12-13,15-16H2,1-2H3,(H,24,27)/t17-/m1/s1. The number of fused-ring (bicyclic) bond motifs is 1. The third-order valence-electron chi connectivity index (χ3n) is 5.04. The zero-order valence-corrected chi connectivity index (χ0v) is 17.0. The molecule has 0 saturated heterocycles. The lowest BCUT2D eigenvalue weighted by Gasteiger charge is -2.19. The summed E-state index contributed by atoms with van der Waals surface area (Å²) in [5.74, 6) is 0.443. The maximum atomic E-state index is 12.7. The van der Waals surface area contributed by atoms with Crippen molar-refractivity contribution in [3.05, 3.63) is 65.2 Å². The molecule has 1 aliphatic heterocycles. The normalized spacial score (nSPS) is 14.6. The smallest absolute Gasteiger partial charge is 0.260 e. The largest absolute Gasteiger partial charge is 0.483 e. The van der Waals surface area contributed by atoms with E-state index in [9.17, 15) is 9.59 Å². The summed E-state index contributed by atoms with van der Waals surface area (Å²) in [7, 11) is 1.61. The third kappa shape index (κ3) is 5.81. The van der Waals surface area contributed by atoms with E-state index in [1.165, 1.54) is 5.56 Å². The Balaban J connectivity index is 1.62. The quantitative estimate of drug-likeness (QED) is 0.745. The van der Waals surface area contributed by atoms with Crippen LogP contribution in [0, 0.1) is 0 Å². The second-order valence-electron chi connectivity index (χ2n) is 7.32. The summed E-state index contributed by atoms with van der Waals surface area (Å²) in [6, 6.07) is 15.6. The molecule has 1 N–H and O–H groups in total. The molecule has 0 aliphatic carbocycles. The fourth-order valence-electron chi connectivity index (χ4n) is 3.32. The maximum Gasteiger partial charge on any atom is 0.260 e. The molecule has 3 rings (SSSR count). The van der Waals surface area contributed by atoms with Gasteiger partial charge < -0.3 is 19.7 Å². The minimum absolute atomic E-state index is 0.00121. The molecule has 0 aromatic heterocycles. The van der Waals surface area contributed by atoms with Gasteiger partial charge in [-0.2, -0.15) is 0 Å². The summed E-state index contributed by atoms with van der Waals surface area (Å²) in [6.45, 7) is 3.37. The number of ether oxygens (including phenoxy) is 2. The van der Waals surface area contributed by atoms with E-state index >= 15 is 0 Å². The van der Waals surface area contributed by atoms with Crippen molar-refractivity contribution in [2.75, 3.05) is 26.9 Å². The first-order chi connectivity index (χ1) is 14.1. The first kappa shape index (κ1) is 20.9. The number of nitrogens with zero attached hydrogens (tertiary/aromatic N) is 1. The molecule has 0 spiro atoms. The van der Waals surface area contributed by atoms with Crippen molar-refractivity contribution in [3.8, 4) is 5.75 Å². The van der Waals surface area contributed by atoms with E-state index < -0.39 is 0 Å². The number of hydrogen-bond acceptors (Lipinski definition) is 4. The third-order valence-corrected chi connectivity index (χ3v) is 5.04. The molecule has 6 nitrogen and oxygen atoms in total. The molecule has 2 aromatic carbocycles. The lowest BCUT2D eigenvalue weighted by atomic mass is 10.0. The maximum absolute atomic E-state index is 12.7. The van der Waals surface area contributed by atoms with Gasteiger partial charge >= 0.3 is 0 Å². The zero-order chi connectivity index (χ0) is 20.6. The van der Waals surface area contributed by atoms with E-state index in [1.54, 1.807) is 24.1 Å². The predicted octanol–water partition coefficient (Wildman–Crippen LogP) is 2.81. The van der Waals surface area contributed by atoms with E-state index in [0.717, 1.165) is 18.4 Å². The molecule has 0 bridgehead atoms. The van der Waals surface area contributed by atoms with Gasteiger partial charge in [0.15, 0.2) is 6.61 Å². The zero-order valence-electron chi connectivity index (χ0n) is 17.0. The Morgan fingerprint density at radius 1 is 1.24 bits per heavy atom. The van der Waals surface area contributed by atoms with Gasteiger partial charge in [-0.25, -0.2) is 0 Å². The molecule has 0 fully saturated rings. The van der Waals surface area contributed by atoms with E-state index in [4.69, 9.17) is 9.47 Å². The summed E-state index contributed by atoms with van der Waals surface area (Å²) >= 11 is 0. The second-order valence-corrected chi connectivity index (χ2v) is 7.32. The molecule has 2 aromatic rings. The second kappa shape index (κ2) is 10.1. The highest BCUT2D eigenvalue weighted by molar-refractivity contribution is 5.94. The number of methoxy groups -OCH3 is 1. The Morgan fingerprint density at radius 3 is 2.79 bits per heavy atom. The van der Waals surface area contributed by atoms with Crippen LogP contribution < -0.4 is 10.1 Å².